The molecule has 0 aliphatic carbocycles. The summed E-state index contributed by atoms with van der Waals surface area (Å²) in [5, 5.41) is 12.8. The standard InChI is InChI=1S/C14H19N3O3/c1-20-12-2-3-13(18)10(6-12)8-16-4-5-17-11(9-16)7-15-14(17)19/h2-3,6,11,18H,4-5,7-9H2,1H3,(H,15,19). The minimum absolute atomic E-state index is 0.0406. The van der Waals surface area contributed by atoms with Gasteiger partial charge in [0.15, 0.2) is 0 Å². The van der Waals surface area contributed by atoms with Crippen LogP contribution in [0, 0.1) is 0 Å². The lowest BCUT2D eigenvalue weighted by atomic mass is 10.1. The van der Waals surface area contributed by atoms with Crippen LogP contribution in [0.3, 0.4) is 0 Å². The highest BCUT2D eigenvalue weighted by Crippen LogP contribution is 2.25. The molecule has 1 atom stereocenters. The Morgan fingerprint density at radius 3 is 3.10 bits per heavy atom. The Kier molecular flexibility index (Phi) is 3.40. The van der Waals surface area contributed by atoms with Crippen LogP contribution in [-0.4, -0.2) is 60.3 Å². The van der Waals surface area contributed by atoms with E-state index in [1.807, 2.05) is 11.0 Å². The molecule has 0 bridgehead atoms. The molecule has 2 heterocycles. The largest absolute Gasteiger partial charge is 0.508 e. The lowest BCUT2D eigenvalue weighted by Crippen LogP contribution is -2.51. The lowest BCUT2D eigenvalue weighted by molar-refractivity contribution is 0.116. The Hall–Kier alpha value is -1.95. The zero-order valence-corrected chi connectivity index (χ0v) is 11.5. The van der Waals surface area contributed by atoms with Crippen LogP contribution < -0.4 is 10.1 Å². The number of fused-ring (bicyclic) bond motifs is 1. The van der Waals surface area contributed by atoms with Crippen LogP contribution in [0.1, 0.15) is 5.56 Å². The third kappa shape index (κ3) is 2.38. The fraction of sp³-hybridized carbons (Fsp3) is 0.500. The van der Waals surface area contributed by atoms with Crippen LogP contribution in [-0.2, 0) is 6.54 Å². The first kappa shape index (κ1) is 13.1. The highest BCUT2D eigenvalue weighted by molar-refractivity contribution is 5.77. The molecule has 2 saturated heterocycles. The lowest BCUT2D eigenvalue weighted by Gasteiger charge is -2.36. The third-order valence-electron chi connectivity index (χ3n) is 4.00. The molecule has 2 aliphatic heterocycles. The topological polar surface area (TPSA) is 65.0 Å². The quantitative estimate of drug-likeness (QED) is 0.849. The third-order valence-corrected chi connectivity index (χ3v) is 4.00. The molecule has 1 aromatic carbocycles. The van der Waals surface area contributed by atoms with Gasteiger partial charge in [0, 0.05) is 38.3 Å². The molecule has 2 aliphatic rings. The molecule has 2 fully saturated rings. The van der Waals surface area contributed by atoms with Gasteiger partial charge in [-0.05, 0) is 18.2 Å². The SMILES string of the molecule is COc1ccc(O)c(CN2CCN3C(=O)NCC3C2)c1. The van der Waals surface area contributed by atoms with Gasteiger partial charge >= 0.3 is 6.03 Å². The molecule has 0 saturated carbocycles. The predicted octanol–water partition coefficient (Wildman–Crippen LogP) is 0.610. The number of ether oxygens (including phenoxy) is 1. The zero-order chi connectivity index (χ0) is 14.1. The van der Waals surface area contributed by atoms with Crippen molar-refractivity contribution in [3.05, 3.63) is 23.8 Å². The second-order valence-corrected chi connectivity index (χ2v) is 5.26. The van der Waals surface area contributed by atoms with Crippen molar-refractivity contribution in [3.63, 3.8) is 0 Å². The molecule has 108 valence electrons. The van der Waals surface area contributed by atoms with Crippen molar-refractivity contribution in [2.24, 2.45) is 0 Å². The highest BCUT2D eigenvalue weighted by Gasteiger charge is 2.35. The summed E-state index contributed by atoms with van der Waals surface area (Å²) >= 11 is 0. The molecule has 0 radical (unpaired) electrons. The molecule has 1 aromatic rings. The number of methoxy groups -OCH3 is 1. The summed E-state index contributed by atoms with van der Waals surface area (Å²) in [5.74, 6) is 1.03. The molecule has 20 heavy (non-hydrogen) atoms. The highest BCUT2D eigenvalue weighted by atomic mass is 16.5. The number of hydrogen-bond donors (Lipinski definition) is 2. The summed E-state index contributed by atoms with van der Waals surface area (Å²) in [7, 11) is 1.62. The van der Waals surface area contributed by atoms with Crippen LogP contribution >= 0.6 is 0 Å². The average molecular weight is 277 g/mol. The van der Waals surface area contributed by atoms with Gasteiger partial charge in [-0.15, -0.1) is 0 Å². The molecule has 2 N–H and O–H groups in total. The van der Waals surface area contributed by atoms with E-state index < -0.39 is 0 Å². The van der Waals surface area contributed by atoms with Crippen molar-refractivity contribution >= 4 is 6.03 Å². The van der Waals surface area contributed by atoms with Gasteiger partial charge in [-0.1, -0.05) is 0 Å². The molecule has 0 aromatic heterocycles. The zero-order valence-electron chi connectivity index (χ0n) is 11.5. The van der Waals surface area contributed by atoms with Gasteiger partial charge in [0.25, 0.3) is 0 Å². The number of nitrogens with one attached hydrogen (secondary N) is 1. The number of carbonyl (C=O) groups excluding carboxylic acids is 1. The van der Waals surface area contributed by atoms with Gasteiger partial charge in [0.2, 0.25) is 0 Å². The number of aromatic hydroxyl groups is 1. The number of amides is 2. The van der Waals surface area contributed by atoms with E-state index in [1.165, 1.54) is 0 Å². The fourth-order valence-electron chi connectivity index (χ4n) is 2.87. The minimum atomic E-state index is 0.0406. The fourth-order valence-corrected chi connectivity index (χ4v) is 2.87. The van der Waals surface area contributed by atoms with E-state index in [9.17, 15) is 9.90 Å². The van der Waals surface area contributed by atoms with E-state index >= 15 is 0 Å². The molecule has 0 spiro atoms. The van der Waals surface area contributed by atoms with Crippen LogP contribution in [0.25, 0.3) is 0 Å². The van der Waals surface area contributed by atoms with E-state index in [1.54, 1.807) is 19.2 Å². The number of nitrogens with zero attached hydrogens (tertiary/aromatic N) is 2. The van der Waals surface area contributed by atoms with Crippen molar-refractivity contribution in [1.29, 1.82) is 0 Å². The number of rotatable bonds is 3. The molecule has 1 unspecified atom stereocenters. The van der Waals surface area contributed by atoms with E-state index in [0.29, 0.717) is 13.1 Å². The van der Waals surface area contributed by atoms with Crippen LogP contribution in [0.4, 0.5) is 4.79 Å². The minimum Gasteiger partial charge on any atom is -0.508 e. The maximum Gasteiger partial charge on any atom is 0.317 e. The number of piperazine rings is 1. The maximum atomic E-state index is 11.6. The Labute approximate surface area is 117 Å². The van der Waals surface area contributed by atoms with Crippen molar-refractivity contribution < 1.29 is 14.6 Å². The number of phenols is 1. The first-order chi connectivity index (χ1) is 9.67. The second kappa shape index (κ2) is 5.20. The number of hydrogen-bond acceptors (Lipinski definition) is 4. The van der Waals surface area contributed by atoms with Crippen LogP contribution in [0.5, 0.6) is 11.5 Å². The van der Waals surface area contributed by atoms with Crippen molar-refractivity contribution in [2.45, 2.75) is 12.6 Å². The summed E-state index contributed by atoms with van der Waals surface area (Å²) in [5.41, 5.74) is 0.857. The normalized spacial score (nSPS) is 22.6. The van der Waals surface area contributed by atoms with Gasteiger partial charge in [0.1, 0.15) is 11.5 Å². The summed E-state index contributed by atoms with van der Waals surface area (Å²) in [4.78, 5) is 15.7. The first-order valence-electron chi connectivity index (χ1n) is 6.80. The predicted molar refractivity (Wildman–Crippen MR) is 73.8 cm³/mol. The maximum absolute atomic E-state index is 11.6. The summed E-state index contributed by atoms with van der Waals surface area (Å²) < 4.78 is 5.19. The van der Waals surface area contributed by atoms with Gasteiger partial charge in [-0.3, -0.25) is 4.90 Å². The van der Waals surface area contributed by atoms with Gasteiger partial charge < -0.3 is 20.1 Å². The van der Waals surface area contributed by atoms with E-state index in [2.05, 4.69) is 10.2 Å². The number of urea groups is 1. The first-order valence-corrected chi connectivity index (χ1v) is 6.80. The van der Waals surface area contributed by atoms with E-state index in [-0.39, 0.29) is 17.8 Å². The molecule has 6 heteroatoms. The number of phenolic OH excluding ortho intramolecular Hbond substituents is 1. The van der Waals surface area contributed by atoms with Crippen molar-refractivity contribution in [1.82, 2.24) is 15.1 Å². The van der Waals surface area contributed by atoms with E-state index in [0.717, 1.165) is 30.9 Å². The van der Waals surface area contributed by atoms with Gasteiger partial charge in [-0.25, -0.2) is 4.79 Å². The van der Waals surface area contributed by atoms with Gasteiger partial charge in [-0.2, -0.15) is 0 Å². The Morgan fingerprint density at radius 1 is 1.45 bits per heavy atom. The second-order valence-electron chi connectivity index (χ2n) is 5.26. The van der Waals surface area contributed by atoms with Crippen LogP contribution in [0.2, 0.25) is 0 Å². The molecular weight excluding hydrogens is 258 g/mol. The number of benzene rings is 1. The smallest absolute Gasteiger partial charge is 0.317 e. The summed E-state index contributed by atoms with van der Waals surface area (Å²) in [6.45, 7) is 3.76. The molecule has 3 rings (SSSR count). The molecule has 6 nitrogen and oxygen atoms in total. The van der Waals surface area contributed by atoms with Crippen LogP contribution in [0.15, 0.2) is 18.2 Å². The Balaban J connectivity index is 1.68. The summed E-state index contributed by atoms with van der Waals surface area (Å²) in [6.07, 6.45) is 0. The molecule has 2 amide bonds. The van der Waals surface area contributed by atoms with E-state index in [4.69, 9.17) is 4.74 Å². The summed E-state index contributed by atoms with van der Waals surface area (Å²) in [6, 6.07) is 5.55. The monoisotopic (exact) mass is 277 g/mol. The van der Waals surface area contributed by atoms with Gasteiger partial charge in [0.05, 0.1) is 13.2 Å². The number of carbonyl (C=O) groups is 1. The average Bonchev–Trinajstić information content (AvgIpc) is 2.82. The molecular formula is C14H19N3O3. The van der Waals surface area contributed by atoms with Crippen molar-refractivity contribution in [2.75, 3.05) is 33.3 Å². The van der Waals surface area contributed by atoms with Crippen molar-refractivity contribution in [3.8, 4) is 11.5 Å². The Morgan fingerprint density at radius 2 is 2.30 bits per heavy atom. The Bertz CT molecular complexity index is 520.